The first-order valence-electron chi connectivity index (χ1n) is 12.5. The predicted molar refractivity (Wildman–Crippen MR) is 131 cm³/mol. The summed E-state index contributed by atoms with van der Waals surface area (Å²) in [5.74, 6) is 0.356. The molecule has 0 aromatic carbocycles. The highest BCUT2D eigenvalue weighted by Gasteiger charge is 2.54. The van der Waals surface area contributed by atoms with Crippen molar-refractivity contribution in [1.82, 2.24) is 19.7 Å². The Morgan fingerprint density at radius 3 is 2.43 bits per heavy atom. The Balaban J connectivity index is 1.29. The zero-order valence-corrected chi connectivity index (χ0v) is 21.3. The number of pyridine rings is 1. The molecule has 4 heterocycles. The van der Waals surface area contributed by atoms with Crippen LogP contribution >= 0.6 is 0 Å². The molecule has 1 spiro atoms. The van der Waals surface area contributed by atoms with Gasteiger partial charge in [-0.2, -0.15) is 5.10 Å². The van der Waals surface area contributed by atoms with Crippen molar-refractivity contribution in [1.29, 1.82) is 0 Å². The van der Waals surface area contributed by atoms with Gasteiger partial charge in [-0.3, -0.25) is 4.79 Å². The van der Waals surface area contributed by atoms with Gasteiger partial charge < -0.3 is 14.2 Å². The monoisotopic (exact) mass is 480 g/mol. The van der Waals surface area contributed by atoms with E-state index in [9.17, 15) is 9.18 Å². The number of carbonyl (C=O) groups is 1. The third-order valence-electron chi connectivity index (χ3n) is 8.48. The molecule has 0 N–H and O–H groups in total. The number of carbonyl (C=O) groups excluding carboxylic acids is 1. The molecule has 7 nitrogen and oxygen atoms in total. The second-order valence-electron chi connectivity index (χ2n) is 11.2. The Hall–Kier alpha value is -2.52. The summed E-state index contributed by atoms with van der Waals surface area (Å²) < 4.78 is 27.2. The van der Waals surface area contributed by atoms with Crippen LogP contribution in [-0.2, 0) is 14.1 Å². The topological polar surface area (TPSA) is 69.5 Å². The summed E-state index contributed by atoms with van der Waals surface area (Å²) in [6.45, 7) is 11.1. The second-order valence-corrected chi connectivity index (χ2v) is 11.2. The van der Waals surface area contributed by atoms with Crippen LogP contribution in [-0.4, -0.2) is 50.4 Å². The maximum atomic E-state index is 13.8. The molecule has 2 saturated heterocycles. The fraction of sp³-hybridized carbons (Fsp3) is 0.577. The Morgan fingerprint density at radius 1 is 1.11 bits per heavy atom. The van der Waals surface area contributed by atoms with Gasteiger partial charge in [-0.15, -0.1) is 0 Å². The Labute approximate surface area is 206 Å². The number of hydrogen-bond acceptors (Lipinski definition) is 5. The lowest BCUT2D eigenvalue weighted by atomic mass is 9.63. The first-order valence-corrected chi connectivity index (χ1v) is 12.5. The van der Waals surface area contributed by atoms with Gasteiger partial charge in [0.25, 0.3) is 0 Å². The van der Waals surface area contributed by atoms with Gasteiger partial charge in [-0.05, 0) is 83.8 Å². The van der Waals surface area contributed by atoms with Gasteiger partial charge in [-0.25, -0.2) is 14.1 Å². The van der Waals surface area contributed by atoms with E-state index in [-0.39, 0.29) is 35.7 Å². The Kier molecular flexibility index (Phi) is 5.91. The molecule has 0 radical (unpaired) electrons. The number of rotatable bonds is 4. The summed E-state index contributed by atoms with van der Waals surface area (Å²) in [4.78, 5) is 20.2. The standard InChI is InChI=1S/C26H34BFN4O3/c1-18(19-7-8-22(29-15-19)32-17-21(28)16-30-32)31-14-6-11-26(23(31)33)12-9-20(10-13-26)27-34-24(2,3)25(4,5)35-27/h7-9,15-18H,6,10-14H2,1-5H3. The lowest BCUT2D eigenvalue weighted by molar-refractivity contribution is -0.149. The van der Waals surface area contributed by atoms with Crippen LogP contribution < -0.4 is 0 Å². The van der Waals surface area contributed by atoms with Gasteiger partial charge in [0.05, 0.1) is 35.1 Å². The summed E-state index contributed by atoms with van der Waals surface area (Å²) >= 11 is 0. The van der Waals surface area contributed by atoms with Crippen molar-refractivity contribution in [3.05, 3.63) is 53.7 Å². The molecule has 1 amide bonds. The largest absolute Gasteiger partial charge is 0.490 e. The van der Waals surface area contributed by atoms with Crippen molar-refractivity contribution in [3.8, 4) is 5.82 Å². The fourth-order valence-electron chi connectivity index (χ4n) is 5.40. The van der Waals surface area contributed by atoms with Gasteiger partial charge >= 0.3 is 7.12 Å². The first kappa shape index (κ1) is 24.2. The smallest absolute Gasteiger partial charge is 0.400 e. The fourth-order valence-corrected chi connectivity index (χ4v) is 5.40. The maximum absolute atomic E-state index is 13.8. The molecule has 2 atom stereocenters. The minimum absolute atomic E-state index is 0.0935. The molecule has 2 aromatic rings. The van der Waals surface area contributed by atoms with E-state index in [1.165, 1.54) is 10.9 Å². The lowest BCUT2D eigenvalue weighted by Crippen LogP contribution is -2.50. The zero-order chi connectivity index (χ0) is 25.0. The third kappa shape index (κ3) is 4.23. The summed E-state index contributed by atoms with van der Waals surface area (Å²) in [6, 6.07) is 3.66. The minimum Gasteiger partial charge on any atom is -0.400 e. The maximum Gasteiger partial charge on any atom is 0.490 e. The summed E-state index contributed by atoms with van der Waals surface area (Å²) in [6.07, 6.45) is 10.6. The molecular weight excluding hydrogens is 446 g/mol. The normalized spacial score (nSPS) is 26.8. The van der Waals surface area contributed by atoms with E-state index in [1.807, 2.05) is 17.0 Å². The first-order chi connectivity index (χ1) is 16.5. The molecule has 186 valence electrons. The van der Waals surface area contributed by atoms with Gasteiger partial charge in [0.2, 0.25) is 5.91 Å². The molecular formula is C26H34BFN4O3. The van der Waals surface area contributed by atoms with Crippen molar-refractivity contribution in [2.75, 3.05) is 6.54 Å². The van der Waals surface area contributed by atoms with Crippen LogP contribution in [0.2, 0.25) is 0 Å². The molecule has 0 bridgehead atoms. The van der Waals surface area contributed by atoms with Gasteiger partial charge in [0.15, 0.2) is 11.6 Å². The molecule has 3 aliphatic rings. The average molecular weight is 480 g/mol. The molecule has 0 saturated carbocycles. The second kappa shape index (κ2) is 8.55. The van der Waals surface area contributed by atoms with E-state index >= 15 is 0 Å². The zero-order valence-electron chi connectivity index (χ0n) is 21.3. The summed E-state index contributed by atoms with van der Waals surface area (Å²) in [5, 5.41) is 3.96. The van der Waals surface area contributed by atoms with Gasteiger partial charge in [0.1, 0.15) is 0 Å². The number of amides is 1. The highest BCUT2D eigenvalue weighted by atomic mass is 19.1. The molecule has 2 aliphatic heterocycles. The number of halogens is 1. The molecule has 1 aliphatic carbocycles. The third-order valence-corrected chi connectivity index (χ3v) is 8.48. The Bertz CT molecular complexity index is 1130. The van der Waals surface area contributed by atoms with Crippen LogP contribution in [0.3, 0.4) is 0 Å². The van der Waals surface area contributed by atoms with E-state index in [0.717, 1.165) is 55.9 Å². The SMILES string of the molecule is CC(c1ccc(-n2cc(F)cn2)nc1)N1CCCC2(CC=C(B3OC(C)(C)C(C)(C)O3)CC2)C1=O. The van der Waals surface area contributed by atoms with Crippen molar-refractivity contribution in [3.63, 3.8) is 0 Å². The van der Waals surface area contributed by atoms with E-state index in [0.29, 0.717) is 5.82 Å². The minimum atomic E-state index is -0.406. The number of likely N-dealkylation sites (tertiary alicyclic amines) is 1. The average Bonchev–Trinajstić information content (AvgIpc) is 3.35. The van der Waals surface area contributed by atoms with E-state index in [4.69, 9.17) is 9.31 Å². The quantitative estimate of drug-likeness (QED) is 0.587. The lowest BCUT2D eigenvalue weighted by Gasteiger charge is -2.45. The number of hydrogen-bond donors (Lipinski definition) is 0. The predicted octanol–water partition coefficient (Wildman–Crippen LogP) is 4.82. The molecule has 2 fully saturated rings. The van der Waals surface area contributed by atoms with Crippen molar-refractivity contribution < 1.29 is 18.5 Å². The van der Waals surface area contributed by atoms with Crippen LogP contribution in [0, 0.1) is 11.2 Å². The van der Waals surface area contributed by atoms with Crippen molar-refractivity contribution in [2.24, 2.45) is 5.41 Å². The van der Waals surface area contributed by atoms with Crippen LogP contribution in [0.25, 0.3) is 5.82 Å². The van der Waals surface area contributed by atoms with E-state index in [2.05, 4.69) is 50.8 Å². The number of piperidine rings is 1. The van der Waals surface area contributed by atoms with Crippen LogP contribution in [0.1, 0.15) is 78.3 Å². The van der Waals surface area contributed by atoms with Crippen molar-refractivity contribution in [2.45, 2.75) is 84.0 Å². The number of aromatic nitrogens is 3. The van der Waals surface area contributed by atoms with Crippen LogP contribution in [0.4, 0.5) is 4.39 Å². The Morgan fingerprint density at radius 2 is 1.86 bits per heavy atom. The van der Waals surface area contributed by atoms with Crippen LogP contribution in [0.15, 0.2) is 42.3 Å². The molecule has 2 aromatic heterocycles. The van der Waals surface area contributed by atoms with Gasteiger partial charge in [-0.1, -0.05) is 12.1 Å². The number of nitrogens with zero attached hydrogens (tertiary/aromatic N) is 4. The highest BCUT2D eigenvalue weighted by molar-refractivity contribution is 6.54. The highest BCUT2D eigenvalue weighted by Crippen LogP contribution is 2.47. The molecule has 9 heteroatoms. The van der Waals surface area contributed by atoms with Gasteiger partial charge in [0, 0.05) is 12.7 Å². The summed E-state index contributed by atoms with van der Waals surface area (Å²) in [5.41, 5.74) is 1.02. The molecule has 5 rings (SSSR count). The van der Waals surface area contributed by atoms with Crippen molar-refractivity contribution >= 4 is 13.0 Å². The van der Waals surface area contributed by atoms with Crippen LogP contribution in [0.5, 0.6) is 0 Å². The van der Waals surface area contributed by atoms with E-state index < -0.39 is 5.82 Å². The van der Waals surface area contributed by atoms with E-state index in [1.54, 1.807) is 6.20 Å². The molecule has 2 unspecified atom stereocenters. The number of allylic oxidation sites excluding steroid dienone is 2. The molecule has 35 heavy (non-hydrogen) atoms. The summed E-state index contributed by atoms with van der Waals surface area (Å²) in [7, 11) is -0.334.